The van der Waals surface area contributed by atoms with E-state index in [1.54, 1.807) is 0 Å². The number of benzene rings is 2. The molecule has 0 saturated heterocycles. The van der Waals surface area contributed by atoms with Crippen molar-refractivity contribution in [1.82, 2.24) is 0 Å². The number of aryl methyl sites for hydroxylation is 4. The van der Waals surface area contributed by atoms with Gasteiger partial charge in [0.25, 0.3) is 0 Å². The minimum atomic E-state index is 0.0402. The van der Waals surface area contributed by atoms with Gasteiger partial charge >= 0.3 is 33.3 Å². The van der Waals surface area contributed by atoms with Gasteiger partial charge in [0.15, 0.2) is 0 Å². The summed E-state index contributed by atoms with van der Waals surface area (Å²) in [6, 6.07) is 12.5. The van der Waals surface area contributed by atoms with Gasteiger partial charge in [-0.25, -0.2) is 0 Å². The molecule has 0 bridgehead atoms. The molecule has 0 aromatic heterocycles. The van der Waals surface area contributed by atoms with E-state index in [2.05, 4.69) is 87.9 Å². The summed E-state index contributed by atoms with van der Waals surface area (Å²) in [5.74, 6) is 0. The standard InChI is InChI=1S/C22H28N3.2ClH.Fe/c1-15-9-7-10-16(2)21(15)23-13-19(5)25-20(6)14-24-22-17(3)11-8-12-18(22)4;;;/h7-14,19-20H,1-6H3;2*1H;/q-1;;;+3/p-2. The molecular weight excluding hydrogens is 433 g/mol. The van der Waals surface area contributed by atoms with E-state index in [1.165, 1.54) is 22.3 Å². The Morgan fingerprint density at radius 3 is 1.32 bits per heavy atom. The van der Waals surface area contributed by atoms with Gasteiger partial charge in [-0.1, -0.05) is 50.2 Å². The number of hydrogen-bond donors (Lipinski definition) is 0. The Bertz CT molecular complexity index is 700. The number of halogens is 2. The van der Waals surface area contributed by atoms with Crippen LogP contribution in [-0.4, -0.2) is 24.5 Å². The van der Waals surface area contributed by atoms with Gasteiger partial charge in [0, 0.05) is 0 Å². The molecule has 3 nitrogen and oxygen atoms in total. The monoisotopic (exact) mass is 460 g/mol. The van der Waals surface area contributed by atoms with Crippen LogP contribution >= 0.6 is 20.2 Å². The van der Waals surface area contributed by atoms with Gasteiger partial charge in [-0.15, -0.1) is 12.1 Å². The first-order valence-corrected chi connectivity index (χ1v) is 12.1. The van der Waals surface area contributed by atoms with Gasteiger partial charge in [-0.3, -0.25) is 9.98 Å². The normalized spacial score (nSPS) is 13.4. The van der Waals surface area contributed by atoms with E-state index < -0.39 is 0 Å². The van der Waals surface area contributed by atoms with Gasteiger partial charge in [0.2, 0.25) is 0 Å². The summed E-state index contributed by atoms with van der Waals surface area (Å²) in [4.78, 5) is 9.28. The molecule has 153 valence electrons. The van der Waals surface area contributed by atoms with Gasteiger partial charge in [-0.05, 0) is 62.4 Å². The summed E-state index contributed by atoms with van der Waals surface area (Å²) >= 11 is 0.194. The summed E-state index contributed by atoms with van der Waals surface area (Å²) < 4.78 is 0. The third-order valence-corrected chi connectivity index (χ3v) is 4.19. The van der Waals surface area contributed by atoms with Crippen LogP contribution < -0.4 is 0 Å². The molecule has 0 aliphatic rings. The molecular formula is C22H28Cl2FeN3. The maximum atomic E-state index is 4.76. The van der Waals surface area contributed by atoms with Crippen LogP contribution in [0.15, 0.2) is 46.4 Å². The Morgan fingerprint density at radius 1 is 0.750 bits per heavy atom. The fourth-order valence-electron chi connectivity index (χ4n) is 2.83. The topological polar surface area (TPSA) is 38.8 Å². The van der Waals surface area contributed by atoms with Gasteiger partial charge in [0.05, 0.1) is 11.4 Å². The van der Waals surface area contributed by atoms with E-state index >= 15 is 0 Å². The van der Waals surface area contributed by atoms with Crippen molar-refractivity contribution in [1.29, 1.82) is 0 Å². The van der Waals surface area contributed by atoms with E-state index in [1.807, 2.05) is 12.4 Å². The van der Waals surface area contributed by atoms with Gasteiger partial charge < -0.3 is 5.32 Å². The zero-order valence-corrected chi connectivity index (χ0v) is 19.8. The first-order chi connectivity index (χ1) is 13.3. The van der Waals surface area contributed by atoms with Gasteiger partial charge in [-0.2, -0.15) is 0 Å². The second kappa shape index (κ2) is 13.1. The average Bonchev–Trinajstić information content (AvgIpc) is 2.61. The molecule has 6 heteroatoms. The summed E-state index contributed by atoms with van der Waals surface area (Å²) in [6.07, 6.45) is 3.83. The zero-order valence-electron chi connectivity index (χ0n) is 17.2. The second-order valence-electron chi connectivity index (χ2n) is 6.72. The van der Waals surface area contributed by atoms with Crippen molar-refractivity contribution in [2.24, 2.45) is 9.98 Å². The van der Waals surface area contributed by atoms with E-state index in [0.717, 1.165) is 11.4 Å². The predicted octanol–water partition coefficient (Wildman–Crippen LogP) is 7.55. The average molecular weight is 461 g/mol. The molecule has 0 aliphatic carbocycles. The first-order valence-electron chi connectivity index (χ1n) is 9.06. The fourth-order valence-corrected chi connectivity index (χ4v) is 2.83. The van der Waals surface area contributed by atoms with Gasteiger partial charge in [0.1, 0.15) is 0 Å². The quantitative estimate of drug-likeness (QED) is 0.315. The van der Waals surface area contributed by atoms with Crippen molar-refractivity contribution >= 4 is 44.0 Å². The zero-order chi connectivity index (χ0) is 21.1. The first kappa shape index (κ1) is 24.9. The number of aliphatic imine (C=N–C) groups is 2. The summed E-state index contributed by atoms with van der Waals surface area (Å²) in [5, 5.41) is 4.73. The molecule has 2 unspecified atom stereocenters. The number of hydrogen-bond acceptors (Lipinski definition) is 2. The van der Waals surface area contributed by atoms with Crippen LogP contribution in [0.3, 0.4) is 0 Å². The van der Waals surface area contributed by atoms with Crippen LogP contribution in [0, 0.1) is 27.7 Å². The minimum absolute atomic E-state index is 0.0402. The SMILES string of the molecule is Cc1cccc(C)c1N=CC(C)[N-]C(C)C=Nc1c(C)cccc1C.[Cl][Fe+][Cl]. The Kier molecular flexibility index (Phi) is 11.7. The maximum absolute atomic E-state index is 4.76. The van der Waals surface area contributed by atoms with Crippen molar-refractivity contribution in [2.45, 2.75) is 53.6 Å². The molecule has 0 saturated carbocycles. The Labute approximate surface area is 184 Å². The molecule has 0 heterocycles. The van der Waals surface area contributed by atoms with Crippen molar-refractivity contribution < 1.29 is 13.1 Å². The van der Waals surface area contributed by atoms with Crippen molar-refractivity contribution in [3.05, 3.63) is 64.0 Å². The van der Waals surface area contributed by atoms with Crippen LogP contribution in [0.1, 0.15) is 36.1 Å². The molecule has 2 rings (SSSR count). The molecule has 0 aliphatic heterocycles. The number of nitrogens with zero attached hydrogens (tertiary/aromatic N) is 3. The van der Waals surface area contributed by atoms with Crippen LogP contribution in [0.2, 0.25) is 0 Å². The molecule has 0 N–H and O–H groups in total. The molecule has 0 amide bonds. The van der Waals surface area contributed by atoms with E-state index in [-0.39, 0.29) is 25.2 Å². The fraction of sp³-hybridized carbons (Fsp3) is 0.364. The third kappa shape index (κ3) is 8.46. The number of para-hydroxylation sites is 2. The molecule has 0 spiro atoms. The molecule has 28 heavy (non-hydrogen) atoms. The van der Waals surface area contributed by atoms with Crippen LogP contribution in [-0.2, 0) is 13.1 Å². The summed E-state index contributed by atoms with van der Waals surface area (Å²) in [7, 11) is 9.53. The van der Waals surface area contributed by atoms with E-state index in [9.17, 15) is 0 Å². The second-order valence-corrected chi connectivity index (χ2v) is 8.54. The summed E-state index contributed by atoms with van der Waals surface area (Å²) in [5.41, 5.74) is 6.84. The van der Waals surface area contributed by atoms with Crippen molar-refractivity contribution in [3.63, 3.8) is 0 Å². The van der Waals surface area contributed by atoms with E-state index in [4.69, 9.17) is 25.5 Å². The number of rotatable bonds is 6. The molecule has 2 aromatic carbocycles. The Hall–Kier alpha value is -1.16. The van der Waals surface area contributed by atoms with Crippen LogP contribution in [0.5, 0.6) is 0 Å². The predicted molar refractivity (Wildman–Crippen MR) is 122 cm³/mol. The molecule has 2 aromatic rings. The van der Waals surface area contributed by atoms with E-state index in [0.29, 0.717) is 0 Å². The van der Waals surface area contributed by atoms with Crippen LogP contribution in [0.4, 0.5) is 11.4 Å². The summed E-state index contributed by atoms with van der Waals surface area (Å²) in [6.45, 7) is 12.5. The van der Waals surface area contributed by atoms with Crippen molar-refractivity contribution in [3.8, 4) is 0 Å². The van der Waals surface area contributed by atoms with Crippen molar-refractivity contribution in [2.75, 3.05) is 0 Å². The molecule has 0 fully saturated rings. The molecule has 0 radical (unpaired) electrons. The molecule has 2 atom stereocenters. The van der Waals surface area contributed by atoms with Crippen LogP contribution in [0.25, 0.3) is 5.32 Å². The third-order valence-electron chi connectivity index (χ3n) is 4.19. The Balaban J connectivity index is 0.00000122. The Morgan fingerprint density at radius 2 is 1.04 bits per heavy atom.